The molecular formula is C23H29FN6. The Labute approximate surface area is 177 Å². The number of aryl methyl sites for hydroxylation is 2. The Kier molecular flexibility index (Phi) is 7.17. The lowest BCUT2D eigenvalue weighted by molar-refractivity contribution is 0.625. The van der Waals surface area contributed by atoms with Gasteiger partial charge in [0.1, 0.15) is 18.2 Å². The minimum atomic E-state index is -0.205. The smallest absolute Gasteiger partial charge is 0.192 e. The minimum absolute atomic E-state index is 0.0891. The molecule has 0 aliphatic carbocycles. The van der Waals surface area contributed by atoms with Gasteiger partial charge in [-0.15, -0.1) is 10.2 Å². The molecule has 0 radical (unpaired) electrons. The highest BCUT2D eigenvalue weighted by Gasteiger charge is 2.10. The van der Waals surface area contributed by atoms with Gasteiger partial charge in [-0.25, -0.2) is 9.38 Å². The highest BCUT2D eigenvalue weighted by molar-refractivity contribution is 5.80. The van der Waals surface area contributed by atoms with Crippen LogP contribution in [0.5, 0.6) is 0 Å². The van der Waals surface area contributed by atoms with Crippen molar-refractivity contribution in [2.45, 2.75) is 39.8 Å². The van der Waals surface area contributed by atoms with E-state index in [4.69, 9.17) is 4.99 Å². The first-order chi connectivity index (χ1) is 14.4. The van der Waals surface area contributed by atoms with Gasteiger partial charge in [-0.2, -0.15) is 0 Å². The molecule has 0 amide bonds. The third-order valence-corrected chi connectivity index (χ3v) is 5.21. The van der Waals surface area contributed by atoms with Crippen molar-refractivity contribution in [2.24, 2.45) is 12.0 Å². The van der Waals surface area contributed by atoms with Crippen molar-refractivity contribution >= 4 is 5.96 Å². The van der Waals surface area contributed by atoms with E-state index < -0.39 is 0 Å². The van der Waals surface area contributed by atoms with Crippen LogP contribution in [0.2, 0.25) is 0 Å². The molecule has 1 atom stereocenters. The van der Waals surface area contributed by atoms with E-state index in [-0.39, 0.29) is 11.9 Å². The second-order valence-electron chi connectivity index (χ2n) is 7.41. The summed E-state index contributed by atoms with van der Waals surface area (Å²) in [5.74, 6) is 2.15. The first-order valence-electron chi connectivity index (χ1n) is 10.1. The van der Waals surface area contributed by atoms with Crippen LogP contribution in [0, 0.1) is 19.7 Å². The number of hydrogen-bond acceptors (Lipinski definition) is 3. The Hall–Kier alpha value is -3.22. The summed E-state index contributed by atoms with van der Waals surface area (Å²) in [6.45, 7) is 7.05. The van der Waals surface area contributed by atoms with Crippen molar-refractivity contribution in [2.75, 3.05) is 6.54 Å². The van der Waals surface area contributed by atoms with E-state index in [9.17, 15) is 4.39 Å². The van der Waals surface area contributed by atoms with Crippen molar-refractivity contribution in [3.8, 4) is 0 Å². The molecule has 30 heavy (non-hydrogen) atoms. The Bertz CT molecular complexity index is 996. The van der Waals surface area contributed by atoms with E-state index in [1.54, 1.807) is 6.07 Å². The molecule has 0 saturated heterocycles. The normalized spacial score (nSPS) is 12.6. The van der Waals surface area contributed by atoms with Gasteiger partial charge in [0, 0.05) is 13.6 Å². The molecule has 6 nitrogen and oxygen atoms in total. The fourth-order valence-corrected chi connectivity index (χ4v) is 3.18. The number of nitrogens with one attached hydrogen (secondary N) is 2. The van der Waals surface area contributed by atoms with Crippen LogP contribution in [-0.4, -0.2) is 27.3 Å². The monoisotopic (exact) mass is 408 g/mol. The molecule has 0 aliphatic rings. The second kappa shape index (κ2) is 10.0. The number of benzene rings is 2. The van der Waals surface area contributed by atoms with Crippen molar-refractivity contribution in [1.82, 2.24) is 25.4 Å². The largest absolute Gasteiger partial charge is 0.356 e. The third kappa shape index (κ3) is 5.65. The van der Waals surface area contributed by atoms with E-state index in [0.29, 0.717) is 19.0 Å². The first-order valence-corrected chi connectivity index (χ1v) is 10.1. The van der Waals surface area contributed by atoms with Gasteiger partial charge in [-0.1, -0.05) is 36.4 Å². The van der Waals surface area contributed by atoms with Crippen LogP contribution in [0.1, 0.15) is 41.3 Å². The summed E-state index contributed by atoms with van der Waals surface area (Å²) < 4.78 is 15.3. The predicted octanol–water partition coefficient (Wildman–Crippen LogP) is 3.61. The molecular weight excluding hydrogens is 379 g/mol. The zero-order valence-electron chi connectivity index (χ0n) is 18.0. The van der Waals surface area contributed by atoms with Crippen LogP contribution < -0.4 is 10.6 Å². The van der Waals surface area contributed by atoms with Crippen molar-refractivity contribution in [1.29, 1.82) is 0 Å². The van der Waals surface area contributed by atoms with E-state index in [2.05, 4.69) is 39.9 Å². The van der Waals surface area contributed by atoms with Crippen LogP contribution >= 0.6 is 0 Å². The number of aromatic nitrogens is 3. The number of halogens is 1. The Morgan fingerprint density at radius 1 is 1.13 bits per heavy atom. The van der Waals surface area contributed by atoms with E-state index in [0.717, 1.165) is 29.2 Å². The maximum atomic E-state index is 13.3. The molecule has 2 N–H and O–H groups in total. The molecule has 1 unspecified atom stereocenters. The quantitative estimate of drug-likeness (QED) is 0.463. The summed E-state index contributed by atoms with van der Waals surface area (Å²) in [5.41, 5.74) is 3.25. The minimum Gasteiger partial charge on any atom is -0.356 e. The predicted molar refractivity (Wildman–Crippen MR) is 118 cm³/mol. The topological polar surface area (TPSA) is 67.1 Å². The standard InChI is InChI=1S/C23H29FN6/c1-16-14-21(24)11-10-19(16)12-13-25-23(26-15-22-29-28-18(3)30(22)4)27-17(2)20-8-6-5-7-9-20/h5-11,14,17H,12-13,15H2,1-4H3,(H2,25,26,27). The molecule has 1 aromatic heterocycles. The summed E-state index contributed by atoms with van der Waals surface area (Å²) in [6.07, 6.45) is 0.773. The highest BCUT2D eigenvalue weighted by Crippen LogP contribution is 2.12. The van der Waals surface area contributed by atoms with Gasteiger partial charge in [-0.3, -0.25) is 0 Å². The zero-order chi connectivity index (χ0) is 21.5. The van der Waals surface area contributed by atoms with Gasteiger partial charge in [0.15, 0.2) is 11.8 Å². The highest BCUT2D eigenvalue weighted by atomic mass is 19.1. The third-order valence-electron chi connectivity index (χ3n) is 5.21. The molecule has 0 spiro atoms. The van der Waals surface area contributed by atoms with Gasteiger partial charge in [0.05, 0.1) is 6.04 Å². The molecule has 0 saturated carbocycles. The van der Waals surface area contributed by atoms with Crippen LogP contribution in [0.3, 0.4) is 0 Å². The van der Waals surface area contributed by atoms with Crippen molar-refractivity contribution in [3.63, 3.8) is 0 Å². The average Bonchev–Trinajstić information content (AvgIpc) is 3.06. The SMILES string of the molecule is Cc1cc(F)ccc1CCNC(=NCc1nnc(C)n1C)NC(C)c1ccccc1. The lowest BCUT2D eigenvalue weighted by atomic mass is 10.1. The molecule has 1 heterocycles. The molecule has 0 fully saturated rings. The molecule has 0 bridgehead atoms. The summed E-state index contributed by atoms with van der Waals surface area (Å²) in [6, 6.07) is 15.2. The van der Waals surface area contributed by atoms with Crippen molar-refractivity contribution < 1.29 is 4.39 Å². The lowest BCUT2D eigenvalue weighted by Crippen LogP contribution is -2.40. The molecule has 3 aromatic rings. The van der Waals surface area contributed by atoms with Crippen LogP contribution in [-0.2, 0) is 20.0 Å². The lowest BCUT2D eigenvalue weighted by Gasteiger charge is -2.19. The fourth-order valence-electron chi connectivity index (χ4n) is 3.18. The number of guanidine groups is 1. The van der Waals surface area contributed by atoms with Gasteiger partial charge in [0.2, 0.25) is 0 Å². The van der Waals surface area contributed by atoms with Gasteiger partial charge in [-0.05, 0) is 56.0 Å². The van der Waals surface area contributed by atoms with Crippen LogP contribution in [0.4, 0.5) is 4.39 Å². The number of rotatable bonds is 7. The molecule has 2 aromatic carbocycles. The van der Waals surface area contributed by atoms with Crippen LogP contribution in [0.25, 0.3) is 0 Å². The first kappa shape index (κ1) is 21.5. The number of nitrogens with zero attached hydrogens (tertiary/aromatic N) is 4. The summed E-state index contributed by atoms with van der Waals surface area (Å²) in [5, 5.41) is 15.1. The van der Waals surface area contributed by atoms with Gasteiger partial charge in [0.25, 0.3) is 0 Å². The zero-order valence-corrected chi connectivity index (χ0v) is 18.0. The maximum absolute atomic E-state index is 13.3. The molecule has 0 aliphatic heterocycles. The summed E-state index contributed by atoms with van der Waals surface area (Å²) in [4.78, 5) is 4.71. The molecule has 7 heteroatoms. The van der Waals surface area contributed by atoms with Crippen LogP contribution in [0.15, 0.2) is 53.5 Å². The van der Waals surface area contributed by atoms with E-state index >= 15 is 0 Å². The summed E-state index contributed by atoms with van der Waals surface area (Å²) in [7, 11) is 1.94. The number of aliphatic imine (C=N–C) groups is 1. The van der Waals surface area contributed by atoms with E-state index in [1.165, 1.54) is 11.6 Å². The van der Waals surface area contributed by atoms with Gasteiger partial charge >= 0.3 is 0 Å². The molecule has 158 valence electrons. The van der Waals surface area contributed by atoms with Crippen molar-refractivity contribution in [3.05, 3.63) is 82.7 Å². The number of hydrogen-bond donors (Lipinski definition) is 2. The Balaban J connectivity index is 1.69. The molecule has 3 rings (SSSR count). The van der Waals surface area contributed by atoms with E-state index in [1.807, 2.05) is 49.7 Å². The Morgan fingerprint density at radius 3 is 2.57 bits per heavy atom. The Morgan fingerprint density at radius 2 is 1.90 bits per heavy atom. The average molecular weight is 409 g/mol. The second-order valence-corrected chi connectivity index (χ2v) is 7.41. The fraction of sp³-hybridized carbons (Fsp3) is 0.348. The maximum Gasteiger partial charge on any atom is 0.192 e. The van der Waals surface area contributed by atoms with Gasteiger partial charge < -0.3 is 15.2 Å². The summed E-state index contributed by atoms with van der Waals surface area (Å²) >= 11 is 0.